The van der Waals surface area contributed by atoms with Crippen LogP contribution < -0.4 is 29.7 Å². The Morgan fingerprint density at radius 3 is 2.21 bits per heavy atom. The molecule has 1 atom stereocenters. The smallest absolute Gasteiger partial charge is 0.271 e. The molecule has 238 valence electrons. The fourth-order valence-electron chi connectivity index (χ4n) is 5.52. The highest BCUT2D eigenvalue weighted by atomic mass is 32.1. The minimum atomic E-state index is -0.639. The van der Waals surface area contributed by atoms with Crippen LogP contribution in [0.4, 0.5) is 5.69 Å². The molecule has 0 spiro atoms. The molecule has 4 aromatic carbocycles. The molecule has 6 rings (SSSR count). The maximum atomic E-state index is 14.1. The van der Waals surface area contributed by atoms with Crippen molar-refractivity contribution in [3.8, 4) is 11.5 Å². The second-order valence-corrected chi connectivity index (χ2v) is 13.3. The number of aromatic nitrogens is 1. The summed E-state index contributed by atoms with van der Waals surface area (Å²) < 4.78 is 14.2. The van der Waals surface area contributed by atoms with Crippen LogP contribution in [0.1, 0.15) is 50.4 Å². The summed E-state index contributed by atoms with van der Waals surface area (Å²) in [5.74, 6) is 1.13. The Balaban J connectivity index is 1.27. The van der Waals surface area contributed by atoms with Crippen molar-refractivity contribution in [1.82, 2.24) is 4.57 Å². The zero-order valence-electron chi connectivity index (χ0n) is 26.9. The van der Waals surface area contributed by atoms with E-state index in [9.17, 15) is 9.59 Å². The van der Waals surface area contributed by atoms with Crippen LogP contribution in [0.2, 0.25) is 0 Å². The second kappa shape index (κ2) is 13.6. The molecular formula is C39H37N3O4S. The normalized spacial score (nSPS) is 14.7. The van der Waals surface area contributed by atoms with E-state index in [1.165, 1.54) is 16.9 Å². The van der Waals surface area contributed by atoms with Gasteiger partial charge in [0.1, 0.15) is 24.7 Å². The lowest BCUT2D eigenvalue weighted by atomic mass is 9.87. The summed E-state index contributed by atoms with van der Waals surface area (Å²) >= 11 is 1.30. The van der Waals surface area contributed by atoms with E-state index in [0.717, 1.165) is 16.9 Å². The lowest BCUT2D eigenvalue weighted by molar-refractivity contribution is -0.113. The first-order valence-electron chi connectivity index (χ1n) is 15.6. The number of allylic oxidation sites excluding steroid dienone is 1. The van der Waals surface area contributed by atoms with Gasteiger partial charge in [0.2, 0.25) is 0 Å². The van der Waals surface area contributed by atoms with Crippen molar-refractivity contribution in [3.63, 3.8) is 0 Å². The molecule has 5 aromatic rings. The van der Waals surface area contributed by atoms with E-state index in [0.29, 0.717) is 45.3 Å². The number of nitrogens with zero attached hydrogens (tertiary/aromatic N) is 2. The number of fused-ring (bicyclic) bond motifs is 1. The number of para-hydroxylation sites is 2. The van der Waals surface area contributed by atoms with E-state index in [4.69, 9.17) is 14.5 Å². The van der Waals surface area contributed by atoms with Gasteiger partial charge in [-0.1, -0.05) is 111 Å². The highest BCUT2D eigenvalue weighted by Crippen LogP contribution is 2.31. The maximum Gasteiger partial charge on any atom is 0.271 e. The predicted octanol–water partition coefficient (Wildman–Crippen LogP) is 6.63. The highest BCUT2D eigenvalue weighted by molar-refractivity contribution is 7.07. The molecule has 0 bridgehead atoms. The van der Waals surface area contributed by atoms with Gasteiger partial charge in [-0.05, 0) is 59.9 Å². The Morgan fingerprint density at radius 1 is 0.872 bits per heavy atom. The molecule has 1 amide bonds. The SMILES string of the molecule is CC1=C(C(=O)Nc2ccccc2)C(c2ccccc2)n2c(s/c(=C\c3ccccc3OCCOc3ccc(C(C)(C)C)cc3)c2=O)=N1. The van der Waals surface area contributed by atoms with Crippen molar-refractivity contribution < 1.29 is 14.3 Å². The minimum Gasteiger partial charge on any atom is -0.490 e. The Bertz CT molecular complexity index is 2090. The molecule has 7 nitrogen and oxygen atoms in total. The summed E-state index contributed by atoms with van der Waals surface area (Å²) in [6.45, 7) is 9.07. The fourth-order valence-corrected chi connectivity index (χ4v) is 6.55. The van der Waals surface area contributed by atoms with Crippen LogP contribution in [0.3, 0.4) is 0 Å². The number of thiazole rings is 1. The third kappa shape index (κ3) is 7.13. The van der Waals surface area contributed by atoms with E-state index < -0.39 is 6.04 Å². The van der Waals surface area contributed by atoms with Gasteiger partial charge in [-0.25, -0.2) is 4.99 Å². The maximum absolute atomic E-state index is 14.1. The van der Waals surface area contributed by atoms with Gasteiger partial charge in [0.15, 0.2) is 4.80 Å². The number of amides is 1. The van der Waals surface area contributed by atoms with Crippen molar-refractivity contribution in [2.24, 2.45) is 4.99 Å². The standard InChI is InChI=1S/C39H37N3O4S/c1-26-34(36(43)41-30-16-9-6-10-17-30)35(27-13-7-5-8-14-27)42-37(44)33(47-38(42)40-26)25-28-15-11-12-18-32(28)46-24-23-45-31-21-19-29(20-22-31)39(2,3)4/h5-22,25,35H,23-24H2,1-4H3,(H,41,43)/b33-25-. The zero-order chi connectivity index (χ0) is 33.0. The van der Waals surface area contributed by atoms with Gasteiger partial charge in [-0.15, -0.1) is 0 Å². The first kappa shape index (κ1) is 31.8. The molecule has 1 aliphatic heterocycles. The summed E-state index contributed by atoms with van der Waals surface area (Å²) in [4.78, 5) is 33.1. The number of carbonyl (C=O) groups is 1. The Hall–Kier alpha value is -5.21. The van der Waals surface area contributed by atoms with Gasteiger partial charge in [0.25, 0.3) is 11.5 Å². The lowest BCUT2D eigenvalue weighted by Crippen LogP contribution is -2.40. The quantitative estimate of drug-likeness (QED) is 0.183. The number of rotatable bonds is 9. The molecule has 0 radical (unpaired) electrons. The van der Waals surface area contributed by atoms with Gasteiger partial charge in [-0.2, -0.15) is 0 Å². The van der Waals surface area contributed by atoms with Crippen molar-refractivity contribution in [2.45, 2.75) is 39.2 Å². The molecule has 47 heavy (non-hydrogen) atoms. The molecule has 8 heteroatoms. The monoisotopic (exact) mass is 643 g/mol. The number of carbonyl (C=O) groups excluding carboxylic acids is 1. The fraction of sp³-hybridized carbons (Fsp3) is 0.205. The zero-order valence-corrected chi connectivity index (χ0v) is 27.7. The summed E-state index contributed by atoms with van der Waals surface area (Å²) in [6, 6.07) is 34.0. The van der Waals surface area contributed by atoms with Crippen LogP contribution in [0, 0.1) is 0 Å². The molecule has 2 heterocycles. The topological polar surface area (TPSA) is 81.9 Å². The van der Waals surface area contributed by atoms with E-state index in [1.54, 1.807) is 4.57 Å². The molecule has 0 saturated carbocycles. The Morgan fingerprint density at radius 2 is 1.51 bits per heavy atom. The van der Waals surface area contributed by atoms with Crippen molar-refractivity contribution in [2.75, 3.05) is 18.5 Å². The number of hydrogen-bond donors (Lipinski definition) is 1. The van der Waals surface area contributed by atoms with Crippen LogP contribution >= 0.6 is 11.3 Å². The summed E-state index contributed by atoms with van der Waals surface area (Å²) in [5.41, 5.74) is 4.35. The lowest BCUT2D eigenvalue weighted by Gasteiger charge is -2.25. The number of hydrogen-bond acceptors (Lipinski definition) is 6. The van der Waals surface area contributed by atoms with Crippen LogP contribution in [-0.4, -0.2) is 23.7 Å². The molecule has 0 aliphatic carbocycles. The average molecular weight is 644 g/mol. The molecule has 1 unspecified atom stereocenters. The highest BCUT2D eigenvalue weighted by Gasteiger charge is 2.32. The minimum absolute atomic E-state index is 0.0807. The summed E-state index contributed by atoms with van der Waals surface area (Å²) in [5, 5.41) is 2.99. The molecule has 1 aromatic heterocycles. The molecule has 1 N–H and O–H groups in total. The number of nitrogens with one attached hydrogen (secondary N) is 1. The van der Waals surface area contributed by atoms with Crippen LogP contribution in [0.25, 0.3) is 6.08 Å². The van der Waals surface area contributed by atoms with Crippen LogP contribution in [0.5, 0.6) is 11.5 Å². The van der Waals surface area contributed by atoms with Crippen molar-refractivity contribution in [1.29, 1.82) is 0 Å². The average Bonchev–Trinajstić information content (AvgIpc) is 3.37. The third-order valence-corrected chi connectivity index (χ3v) is 8.93. The van der Waals surface area contributed by atoms with Crippen LogP contribution in [0.15, 0.2) is 130 Å². The molecule has 0 saturated heterocycles. The number of benzene rings is 4. The summed E-state index contributed by atoms with van der Waals surface area (Å²) in [7, 11) is 0. The number of ether oxygens (including phenoxy) is 2. The van der Waals surface area contributed by atoms with Gasteiger partial charge in [-0.3, -0.25) is 14.2 Å². The van der Waals surface area contributed by atoms with Crippen LogP contribution in [-0.2, 0) is 10.2 Å². The largest absolute Gasteiger partial charge is 0.490 e. The van der Waals surface area contributed by atoms with E-state index in [1.807, 2.05) is 110 Å². The summed E-state index contributed by atoms with van der Waals surface area (Å²) in [6.07, 6.45) is 1.83. The van der Waals surface area contributed by atoms with Gasteiger partial charge in [0, 0.05) is 11.3 Å². The van der Waals surface area contributed by atoms with E-state index in [2.05, 4.69) is 38.2 Å². The molecule has 1 aliphatic rings. The predicted molar refractivity (Wildman–Crippen MR) is 188 cm³/mol. The molecular weight excluding hydrogens is 607 g/mol. The van der Waals surface area contributed by atoms with Crippen molar-refractivity contribution >= 4 is 29.0 Å². The number of anilines is 1. The van der Waals surface area contributed by atoms with E-state index in [-0.39, 0.29) is 16.9 Å². The van der Waals surface area contributed by atoms with Crippen molar-refractivity contribution in [3.05, 3.63) is 157 Å². The van der Waals surface area contributed by atoms with Gasteiger partial charge >= 0.3 is 0 Å². The Labute approximate surface area is 278 Å². The van der Waals surface area contributed by atoms with Gasteiger partial charge < -0.3 is 14.8 Å². The van der Waals surface area contributed by atoms with E-state index >= 15 is 0 Å². The third-order valence-electron chi connectivity index (χ3n) is 7.95. The first-order chi connectivity index (χ1) is 22.7. The second-order valence-electron chi connectivity index (χ2n) is 12.3. The molecule has 0 fully saturated rings. The Kier molecular flexibility index (Phi) is 9.22. The van der Waals surface area contributed by atoms with Gasteiger partial charge in [0.05, 0.1) is 21.8 Å². The first-order valence-corrected chi connectivity index (χ1v) is 16.4.